The summed E-state index contributed by atoms with van der Waals surface area (Å²) < 4.78 is 8.26. The summed E-state index contributed by atoms with van der Waals surface area (Å²) in [4.78, 5) is 0. The van der Waals surface area contributed by atoms with Crippen molar-refractivity contribution in [3.05, 3.63) is 57.8 Å². The zero-order valence-corrected chi connectivity index (χ0v) is 15.3. The number of anilines is 1. The van der Waals surface area contributed by atoms with Crippen molar-refractivity contribution in [2.24, 2.45) is 0 Å². The normalized spacial score (nSPS) is 10.6. The SMILES string of the molecule is Cc1nnnn1-c1cccc(NCCOc2ccc(Cl)cc2Br)c1. The van der Waals surface area contributed by atoms with Crippen molar-refractivity contribution in [1.82, 2.24) is 20.2 Å². The highest BCUT2D eigenvalue weighted by Crippen LogP contribution is 2.27. The van der Waals surface area contributed by atoms with Gasteiger partial charge in [-0.2, -0.15) is 4.68 Å². The molecule has 0 saturated carbocycles. The summed E-state index contributed by atoms with van der Waals surface area (Å²) in [5, 5.41) is 15.5. The molecule has 0 saturated heterocycles. The van der Waals surface area contributed by atoms with Crippen LogP contribution in [0.5, 0.6) is 5.75 Å². The lowest BCUT2D eigenvalue weighted by Gasteiger charge is -2.11. The van der Waals surface area contributed by atoms with Crippen molar-refractivity contribution >= 4 is 33.2 Å². The molecule has 3 rings (SSSR count). The van der Waals surface area contributed by atoms with Crippen LogP contribution in [0.3, 0.4) is 0 Å². The Hall–Kier alpha value is -2.12. The van der Waals surface area contributed by atoms with E-state index in [1.807, 2.05) is 43.3 Å². The van der Waals surface area contributed by atoms with Gasteiger partial charge in [-0.05, 0) is 69.7 Å². The molecule has 1 N–H and O–H groups in total. The summed E-state index contributed by atoms with van der Waals surface area (Å²) in [7, 11) is 0. The van der Waals surface area contributed by atoms with Gasteiger partial charge in [-0.15, -0.1) is 5.10 Å². The van der Waals surface area contributed by atoms with E-state index in [1.165, 1.54) is 0 Å². The molecule has 0 atom stereocenters. The summed E-state index contributed by atoms with van der Waals surface area (Å²) >= 11 is 9.34. The van der Waals surface area contributed by atoms with E-state index in [0.29, 0.717) is 18.2 Å². The highest BCUT2D eigenvalue weighted by molar-refractivity contribution is 9.10. The molecule has 1 heterocycles. The largest absolute Gasteiger partial charge is 0.491 e. The lowest BCUT2D eigenvalue weighted by Crippen LogP contribution is -2.12. The minimum absolute atomic E-state index is 0.522. The van der Waals surface area contributed by atoms with Gasteiger partial charge in [0, 0.05) is 17.3 Å². The van der Waals surface area contributed by atoms with E-state index in [0.717, 1.165) is 27.4 Å². The molecule has 0 radical (unpaired) electrons. The highest BCUT2D eigenvalue weighted by Gasteiger charge is 2.05. The van der Waals surface area contributed by atoms with Crippen molar-refractivity contribution in [3.8, 4) is 11.4 Å². The number of nitrogens with zero attached hydrogens (tertiary/aromatic N) is 4. The highest BCUT2D eigenvalue weighted by atomic mass is 79.9. The van der Waals surface area contributed by atoms with Gasteiger partial charge < -0.3 is 10.1 Å². The third-order valence-electron chi connectivity index (χ3n) is 3.30. The van der Waals surface area contributed by atoms with E-state index < -0.39 is 0 Å². The fourth-order valence-electron chi connectivity index (χ4n) is 2.17. The van der Waals surface area contributed by atoms with Crippen molar-refractivity contribution in [2.75, 3.05) is 18.5 Å². The number of benzene rings is 2. The van der Waals surface area contributed by atoms with Gasteiger partial charge in [0.05, 0.1) is 10.2 Å². The van der Waals surface area contributed by atoms with Crippen LogP contribution >= 0.6 is 27.5 Å². The van der Waals surface area contributed by atoms with Gasteiger partial charge in [0.1, 0.15) is 12.4 Å². The molecular weight excluding hydrogens is 394 g/mol. The average Bonchev–Trinajstić information content (AvgIpc) is 2.99. The molecule has 124 valence electrons. The number of halogens is 2. The summed E-state index contributed by atoms with van der Waals surface area (Å²) in [5.74, 6) is 1.50. The molecule has 0 amide bonds. The van der Waals surface area contributed by atoms with Crippen LogP contribution in [0.2, 0.25) is 5.02 Å². The maximum atomic E-state index is 5.91. The molecule has 24 heavy (non-hydrogen) atoms. The molecule has 0 aliphatic heterocycles. The Morgan fingerprint density at radius 3 is 2.88 bits per heavy atom. The summed E-state index contributed by atoms with van der Waals surface area (Å²) in [6.45, 7) is 3.04. The molecule has 1 aromatic heterocycles. The lowest BCUT2D eigenvalue weighted by molar-refractivity contribution is 0.331. The van der Waals surface area contributed by atoms with Gasteiger partial charge in [0.25, 0.3) is 0 Å². The molecule has 2 aromatic carbocycles. The molecule has 3 aromatic rings. The second-order valence-corrected chi connectivity index (χ2v) is 6.33. The van der Waals surface area contributed by atoms with Gasteiger partial charge in [-0.3, -0.25) is 0 Å². The van der Waals surface area contributed by atoms with Crippen LogP contribution in [-0.4, -0.2) is 33.4 Å². The van der Waals surface area contributed by atoms with Crippen molar-refractivity contribution in [2.45, 2.75) is 6.92 Å². The Morgan fingerprint density at radius 2 is 2.12 bits per heavy atom. The van der Waals surface area contributed by atoms with Gasteiger partial charge in [0.2, 0.25) is 0 Å². The van der Waals surface area contributed by atoms with E-state index in [1.54, 1.807) is 10.7 Å². The predicted octanol–water partition coefficient (Wildman–Crippen LogP) is 3.88. The standard InChI is InChI=1S/C16H15BrClN5O/c1-11-20-21-22-23(11)14-4-2-3-13(10-14)19-7-8-24-16-6-5-12(18)9-15(16)17/h2-6,9-10,19H,7-8H2,1H3. The third kappa shape index (κ3) is 4.04. The number of hydrogen-bond acceptors (Lipinski definition) is 5. The van der Waals surface area contributed by atoms with Crippen LogP contribution in [-0.2, 0) is 0 Å². The van der Waals surface area contributed by atoms with E-state index in [-0.39, 0.29) is 0 Å². The average molecular weight is 409 g/mol. The fraction of sp³-hybridized carbons (Fsp3) is 0.188. The van der Waals surface area contributed by atoms with Gasteiger partial charge in [0.15, 0.2) is 5.82 Å². The van der Waals surface area contributed by atoms with Crippen LogP contribution < -0.4 is 10.1 Å². The molecule has 0 fully saturated rings. The molecule has 6 nitrogen and oxygen atoms in total. The Balaban J connectivity index is 1.56. The second-order valence-electron chi connectivity index (χ2n) is 5.04. The monoisotopic (exact) mass is 407 g/mol. The second kappa shape index (κ2) is 7.63. The molecule has 0 aliphatic rings. The zero-order chi connectivity index (χ0) is 16.9. The van der Waals surface area contributed by atoms with Gasteiger partial charge in [-0.25, -0.2) is 0 Å². The zero-order valence-electron chi connectivity index (χ0n) is 12.9. The quantitative estimate of drug-likeness (QED) is 0.627. The van der Waals surface area contributed by atoms with Crippen LogP contribution in [0, 0.1) is 6.92 Å². The van der Waals surface area contributed by atoms with E-state index in [4.69, 9.17) is 16.3 Å². The number of hydrogen-bond donors (Lipinski definition) is 1. The maximum Gasteiger partial charge on any atom is 0.153 e. The Labute approximate surface area is 152 Å². The van der Waals surface area contributed by atoms with Crippen molar-refractivity contribution in [1.29, 1.82) is 0 Å². The van der Waals surface area contributed by atoms with Crippen LogP contribution in [0.4, 0.5) is 5.69 Å². The Bertz CT molecular complexity index is 839. The molecule has 0 unspecified atom stereocenters. The van der Waals surface area contributed by atoms with Crippen LogP contribution in [0.1, 0.15) is 5.82 Å². The number of aryl methyl sites for hydroxylation is 1. The molecule has 8 heteroatoms. The summed E-state index contributed by atoms with van der Waals surface area (Å²) in [5.41, 5.74) is 1.88. The van der Waals surface area contributed by atoms with Gasteiger partial charge in [-0.1, -0.05) is 17.7 Å². The van der Waals surface area contributed by atoms with E-state index in [9.17, 15) is 0 Å². The minimum atomic E-state index is 0.522. The molecule has 0 spiro atoms. The Morgan fingerprint density at radius 1 is 1.25 bits per heavy atom. The number of rotatable bonds is 6. The van der Waals surface area contributed by atoms with Crippen LogP contribution in [0.15, 0.2) is 46.9 Å². The predicted molar refractivity (Wildman–Crippen MR) is 97.0 cm³/mol. The number of aromatic nitrogens is 4. The topological polar surface area (TPSA) is 64.9 Å². The Kier molecular flexibility index (Phi) is 5.32. The third-order valence-corrected chi connectivity index (χ3v) is 4.15. The van der Waals surface area contributed by atoms with Gasteiger partial charge >= 0.3 is 0 Å². The minimum Gasteiger partial charge on any atom is -0.491 e. The van der Waals surface area contributed by atoms with Crippen molar-refractivity contribution in [3.63, 3.8) is 0 Å². The summed E-state index contributed by atoms with van der Waals surface area (Å²) in [6, 6.07) is 13.3. The first kappa shape index (κ1) is 16.7. The van der Waals surface area contributed by atoms with Crippen LogP contribution in [0.25, 0.3) is 5.69 Å². The fourth-order valence-corrected chi connectivity index (χ4v) is 2.96. The van der Waals surface area contributed by atoms with E-state index in [2.05, 4.69) is 36.8 Å². The number of ether oxygens (including phenoxy) is 1. The smallest absolute Gasteiger partial charge is 0.153 e. The summed E-state index contributed by atoms with van der Waals surface area (Å²) in [6.07, 6.45) is 0. The maximum absolute atomic E-state index is 5.91. The first-order valence-corrected chi connectivity index (χ1v) is 8.48. The van der Waals surface area contributed by atoms with E-state index >= 15 is 0 Å². The first-order valence-electron chi connectivity index (χ1n) is 7.30. The molecule has 0 aliphatic carbocycles. The molecule has 0 bridgehead atoms. The van der Waals surface area contributed by atoms with Crippen molar-refractivity contribution < 1.29 is 4.74 Å². The number of nitrogens with one attached hydrogen (secondary N) is 1. The first-order chi connectivity index (χ1) is 11.6. The number of tetrazole rings is 1. The molecular formula is C16H15BrClN5O. The lowest BCUT2D eigenvalue weighted by atomic mass is 10.2.